The van der Waals surface area contributed by atoms with E-state index in [-0.39, 0.29) is 19.0 Å². The lowest BCUT2D eigenvalue weighted by Gasteiger charge is -2.24. The fraction of sp³-hybridized carbons (Fsp3) is 0.900. The van der Waals surface area contributed by atoms with Crippen molar-refractivity contribution in [3.8, 4) is 0 Å². The molecule has 0 aromatic heterocycles. The van der Waals surface area contributed by atoms with E-state index in [1.807, 2.05) is 0 Å². The molecule has 1 rings (SSSR count). The van der Waals surface area contributed by atoms with Crippen molar-refractivity contribution < 1.29 is 18.0 Å². The van der Waals surface area contributed by atoms with Crippen LogP contribution in [0.3, 0.4) is 0 Å². The predicted octanol–water partition coefficient (Wildman–Crippen LogP) is 1.95. The third-order valence-electron chi connectivity index (χ3n) is 2.54. The number of hydrogen-bond acceptors (Lipinski definition) is 2. The summed E-state index contributed by atoms with van der Waals surface area (Å²) in [5.41, 5.74) is 5.40. The van der Waals surface area contributed by atoms with E-state index >= 15 is 0 Å². The van der Waals surface area contributed by atoms with Gasteiger partial charge in [-0.1, -0.05) is 0 Å². The standard InChI is InChI=1S/C10H17F3N2O.ClH/c1-7(14)9(16)15(6-8-2-3-8)5-4-10(11,12)13;/h7-8H,2-6,14H2,1H3;1H/t7-;/m0./s1. The number of rotatable bonds is 5. The molecule has 0 spiro atoms. The van der Waals surface area contributed by atoms with E-state index in [0.29, 0.717) is 12.5 Å². The average Bonchev–Trinajstić information content (AvgIpc) is 2.93. The van der Waals surface area contributed by atoms with Crippen molar-refractivity contribution in [1.82, 2.24) is 4.90 Å². The fourth-order valence-electron chi connectivity index (χ4n) is 1.45. The zero-order chi connectivity index (χ0) is 12.3. The summed E-state index contributed by atoms with van der Waals surface area (Å²) in [6.45, 7) is 1.63. The highest BCUT2D eigenvalue weighted by Crippen LogP contribution is 2.30. The van der Waals surface area contributed by atoms with Crippen molar-refractivity contribution in [3.63, 3.8) is 0 Å². The first-order valence-electron chi connectivity index (χ1n) is 5.40. The molecule has 17 heavy (non-hydrogen) atoms. The molecular weight excluding hydrogens is 257 g/mol. The molecular formula is C10H18ClF3N2O. The van der Waals surface area contributed by atoms with E-state index < -0.39 is 24.5 Å². The second-order valence-electron chi connectivity index (χ2n) is 4.38. The summed E-state index contributed by atoms with van der Waals surface area (Å²) in [6.07, 6.45) is -3.19. The lowest BCUT2D eigenvalue weighted by Crippen LogP contribution is -2.44. The topological polar surface area (TPSA) is 46.3 Å². The van der Waals surface area contributed by atoms with Crippen LogP contribution in [0.15, 0.2) is 0 Å². The molecule has 0 aromatic carbocycles. The number of alkyl halides is 3. The Balaban J connectivity index is 0.00000256. The fourth-order valence-corrected chi connectivity index (χ4v) is 1.45. The van der Waals surface area contributed by atoms with Crippen molar-refractivity contribution in [2.24, 2.45) is 11.7 Å². The molecule has 0 saturated heterocycles. The monoisotopic (exact) mass is 274 g/mol. The van der Waals surface area contributed by atoms with Gasteiger partial charge in [-0.25, -0.2) is 0 Å². The molecule has 1 fully saturated rings. The Labute approximate surface area is 105 Å². The molecule has 0 radical (unpaired) electrons. The van der Waals surface area contributed by atoms with Crippen LogP contribution in [-0.4, -0.2) is 36.1 Å². The summed E-state index contributed by atoms with van der Waals surface area (Å²) < 4.78 is 36.2. The summed E-state index contributed by atoms with van der Waals surface area (Å²) in [5.74, 6) is -0.0212. The van der Waals surface area contributed by atoms with E-state index in [1.165, 1.54) is 11.8 Å². The van der Waals surface area contributed by atoms with E-state index in [2.05, 4.69) is 0 Å². The zero-order valence-corrected chi connectivity index (χ0v) is 10.5. The molecule has 0 heterocycles. The van der Waals surface area contributed by atoms with Crippen LogP contribution in [0.25, 0.3) is 0 Å². The molecule has 1 aliphatic carbocycles. The van der Waals surface area contributed by atoms with Gasteiger partial charge < -0.3 is 10.6 Å². The molecule has 7 heteroatoms. The quantitative estimate of drug-likeness (QED) is 0.833. The van der Waals surface area contributed by atoms with Crippen molar-refractivity contribution in [2.75, 3.05) is 13.1 Å². The minimum atomic E-state index is -4.22. The van der Waals surface area contributed by atoms with Crippen LogP contribution >= 0.6 is 12.4 Å². The zero-order valence-electron chi connectivity index (χ0n) is 9.67. The Morgan fingerprint density at radius 3 is 2.35 bits per heavy atom. The van der Waals surface area contributed by atoms with Crippen LogP contribution < -0.4 is 5.73 Å². The summed E-state index contributed by atoms with van der Waals surface area (Å²) in [6, 6.07) is -0.730. The van der Waals surface area contributed by atoms with Gasteiger partial charge in [0.25, 0.3) is 0 Å². The largest absolute Gasteiger partial charge is 0.390 e. The first-order chi connectivity index (χ1) is 7.29. The van der Waals surface area contributed by atoms with E-state index in [0.717, 1.165) is 12.8 Å². The van der Waals surface area contributed by atoms with Crippen molar-refractivity contribution >= 4 is 18.3 Å². The maximum Gasteiger partial charge on any atom is 0.390 e. The highest BCUT2D eigenvalue weighted by atomic mass is 35.5. The number of carbonyl (C=O) groups excluding carboxylic acids is 1. The number of carbonyl (C=O) groups is 1. The third-order valence-corrected chi connectivity index (χ3v) is 2.54. The number of halogens is 4. The maximum absolute atomic E-state index is 12.1. The van der Waals surface area contributed by atoms with Crippen LogP contribution in [0.2, 0.25) is 0 Å². The summed E-state index contributed by atoms with van der Waals surface area (Å²) in [5, 5.41) is 0. The van der Waals surface area contributed by atoms with Crippen LogP contribution in [0.4, 0.5) is 13.2 Å². The van der Waals surface area contributed by atoms with Gasteiger partial charge in [-0.05, 0) is 25.7 Å². The predicted molar refractivity (Wildman–Crippen MR) is 60.9 cm³/mol. The number of nitrogens with two attached hydrogens (primary N) is 1. The van der Waals surface area contributed by atoms with Crippen LogP contribution in [0, 0.1) is 5.92 Å². The molecule has 3 nitrogen and oxygen atoms in total. The number of hydrogen-bond donors (Lipinski definition) is 1. The van der Waals surface area contributed by atoms with Gasteiger partial charge in [0.05, 0.1) is 12.5 Å². The van der Waals surface area contributed by atoms with Gasteiger partial charge in [0, 0.05) is 13.1 Å². The third kappa shape index (κ3) is 6.73. The highest BCUT2D eigenvalue weighted by molar-refractivity contribution is 5.85. The molecule has 2 N–H and O–H groups in total. The van der Waals surface area contributed by atoms with Gasteiger partial charge in [-0.3, -0.25) is 4.79 Å². The van der Waals surface area contributed by atoms with E-state index in [9.17, 15) is 18.0 Å². The Bertz CT molecular complexity index is 254. The Hall–Kier alpha value is -0.490. The van der Waals surface area contributed by atoms with Gasteiger partial charge in [0.1, 0.15) is 0 Å². The normalized spacial score (nSPS) is 17.2. The second-order valence-corrected chi connectivity index (χ2v) is 4.38. The molecule has 102 valence electrons. The molecule has 0 aliphatic heterocycles. The van der Waals surface area contributed by atoms with Gasteiger partial charge in [-0.2, -0.15) is 13.2 Å². The average molecular weight is 275 g/mol. The Morgan fingerprint density at radius 1 is 1.47 bits per heavy atom. The van der Waals surface area contributed by atoms with Gasteiger partial charge in [0.15, 0.2) is 0 Å². The maximum atomic E-state index is 12.1. The lowest BCUT2D eigenvalue weighted by atomic mass is 10.2. The lowest BCUT2D eigenvalue weighted by molar-refractivity contribution is -0.146. The highest BCUT2D eigenvalue weighted by Gasteiger charge is 2.32. The SMILES string of the molecule is C[C@H](N)C(=O)N(CCC(F)(F)F)CC1CC1.Cl. The molecule has 1 amide bonds. The van der Waals surface area contributed by atoms with E-state index in [1.54, 1.807) is 0 Å². The van der Waals surface area contributed by atoms with Crippen molar-refractivity contribution in [1.29, 1.82) is 0 Å². The van der Waals surface area contributed by atoms with Gasteiger partial charge in [0.2, 0.25) is 5.91 Å². The molecule has 0 aromatic rings. The minimum absolute atomic E-state index is 0. The summed E-state index contributed by atoms with van der Waals surface area (Å²) in [7, 11) is 0. The molecule has 0 unspecified atom stereocenters. The Morgan fingerprint density at radius 2 is 2.00 bits per heavy atom. The van der Waals surface area contributed by atoms with Crippen LogP contribution in [0.1, 0.15) is 26.2 Å². The first-order valence-corrected chi connectivity index (χ1v) is 5.40. The molecule has 1 aliphatic rings. The van der Waals surface area contributed by atoms with Crippen molar-refractivity contribution in [3.05, 3.63) is 0 Å². The van der Waals surface area contributed by atoms with Gasteiger partial charge >= 0.3 is 6.18 Å². The smallest absolute Gasteiger partial charge is 0.341 e. The van der Waals surface area contributed by atoms with E-state index in [4.69, 9.17) is 5.73 Å². The second kappa shape index (κ2) is 6.44. The first kappa shape index (κ1) is 16.5. The van der Waals surface area contributed by atoms with Crippen molar-refractivity contribution in [2.45, 2.75) is 38.4 Å². The molecule has 0 bridgehead atoms. The van der Waals surface area contributed by atoms with Crippen LogP contribution in [0.5, 0.6) is 0 Å². The number of amides is 1. The minimum Gasteiger partial charge on any atom is -0.341 e. The van der Waals surface area contributed by atoms with Gasteiger partial charge in [-0.15, -0.1) is 12.4 Å². The molecule has 1 saturated carbocycles. The molecule has 1 atom stereocenters. The summed E-state index contributed by atoms with van der Waals surface area (Å²) in [4.78, 5) is 12.8. The number of nitrogens with zero attached hydrogens (tertiary/aromatic N) is 1. The Kier molecular flexibility index (Phi) is 6.26. The van der Waals surface area contributed by atoms with Crippen LogP contribution in [-0.2, 0) is 4.79 Å². The summed E-state index contributed by atoms with van der Waals surface area (Å²) >= 11 is 0.